The van der Waals surface area contributed by atoms with E-state index in [1.807, 2.05) is 47.8 Å². The van der Waals surface area contributed by atoms with Crippen LogP contribution in [0.4, 0.5) is 0 Å². The average Bonchev–Trinajstić information content (AvgIpc) is 3.30. The number of carbonyl (C=O) groups is 1. The van der Waals surface area contributed by atoms with Crippen LogP contribution in [-0.4, -0.2) is 33.0 Å². The largest absolute Gasteiger partial charge is 0.507 e. The minimum atomic E-state index is -0.439. The summed E-state index contributed by atoms with van der Waals surface area (Å²) in [6.45, 7) is -0.357. The lowest BCUT2D eigenvalue weighted by molar-refractivity contribution is -0.140. The molecule has 0 spiro atoms. The minimum absolute atomic E-state index is 0.00672. The van der Waals surface area contributed by atoms with E-state index in [4.69, 9.17) is 4.74 Å². The third kappa shape index (κ3) is 4.51. The summed E-state index contributed by atoms with van der Waals surface area (Å²) in [5, 5.41) is 21.7. The smallest absolute Gasteiger partial charge is 0.316 e. The number of allylic oxidation sites excluding steroid dienone is 1. The summed E-state index contributed by atoms with van der Waals surface area (Å²) in [5.74, 6) is 0.495. The van der Waals surface area contributed by atoms with E-state index in [0.29, 0.717) is 5.82 Å². The highest BCUT2D eigenvalue weighted by Gasteiger charge is 2.17. The molecule has 0 aliphatic carbocycles. The normalized spacial score (nSPS) is 11.9. The fourth-order valence-corrected chi connectivity index (χ4v) is 4.17. The highest BCUT2D eigenvalue weighted by atomic mass is 32.2. The van der Waals surface area contributed by atoms with Crippen molar-refractivity contribution in [3.8, 4) is 6.07 Å². The van der Waals surface area contributed by atoms with Crippen LogP contribution in [0, 0.1) is 11.3 Å². The zero-order valence-electron chi connectivity index (χ0n) is 14.6. The van der Waals surface area contributed by atoms with Crippen molar-refractivity contribution in [2.24, 2.45) is 7.05 Å². The topological polar surface area (TPSA) is 88.1 Å². The fourth-order valence-electron chi connectivity index (χ4n) is 2.51. The van der Waals surface area contributed by atoms with Crippen molar-refractivity contribution >= 4 is 45.7 Å². The molecule has 0 aliphatic heterocycles. The van der Waals surface area contributed by atoms with E-state index in [2.05, 4.69) is 4.98 Å². The number of para-hydroxylation sites is 2. The first-order valence-corrected chi connectivity index (χ1v) is 10.1. The molecule has 138 valence electrons. The molecular formula is C19H17N3O3S2. The number of aliphatic hydroxyl groups is 1. The molecular weight excluding hydrogens is 382 g/mol. The number of aliphatic hydroxyl groups excluding tert-OH is 1. The Hall–Kier alpha value is -2.76. The summed E-state index contributed by atoms with van der Waals surface area (Å²) < 4.78 is 6.81. The molecule has 0 atom stereocenters. The molecule has 27 heavy (non-hydrogen) atoms. The fraction of sp³-hybridized carbons (Fsp3) is 0.211. The van der Waals surface area contributed by atoms with Gasteiger partial charge < -0.3 is 14.4 Å². The van der Waals surface area contributed by atoms with Gasteiger partial charge in [-0.2, -0.15) is 5.26 Å². The highest BCUT2D eigenvalue weighted by Crippen LogP contribution is 2.22. The Kier molecular flexibility index (Phi) is 6.16. The number of benzene rings is 1. The number of aromatic nitrogens is 2. The Labute approximate surface area is 164 Å². The number of carbonyl (C=O) groups excluding carboxylic acids is 1. The van der Waals surface area contributed by atoms with E-state index < -0.39 is 5.97 Å². The Morgan fingerprint density at radius 3 is 2.89 bits per heavy atom. The first kappa shape index (κ1) is 19.0. The molecule has 2 aromatic heterocycles. The van der Waals surface area contributed by atoms with E-state index in [-0.39, 0.29) is 23.7 Å². The number of fused-ring (bicyclic) bond motifs is 1. The van der Waals surface area contributed by atoms with Crippen LogP contribution < -0.4 is 0 Å². The summed E-state index contributed by atoms with van der Waals surface area (Å²) in [6.07, 6.45) is 0. The maximum absolute atomic E-state index is 11.9. The molecule has 3 rings (SSSR count). The van der Waals surface area contributed by atoms with Crippen molar-refractivity contribution < 1.29 is 14.6 Å². The first-order valence-electron chi connectivity index (χ1n) is 8.10. The van der Waals surface area contributed by atoms with Gasteiger partial charge in [-0.3, -0.25) is 4.79 Å². The molecule has 1 N–H and O–H groups in total. The summed E-state index contributed by atoms with van der Waals surface area (Å²) in [4.78, 5) is 17.4. The zero-order chi connectivity index (χ0) is 19.2. The number of hydrogen-bond donors (Lipinski definition) is 1. The van der Waals surface area contributed by atoms with Crippen LogP contribution in [0.25, 0.3) is 16.6 Å². The number of aryl methyl sites for hydroxylation is 1. The zero-order valence-corrected chi connectivity index (χ0v) is 16.2. The van der Waals surface area contributed by atoms with Gasteiger partial charge in [-0.1, -0.05) is 18.2 Å². The van der Waals surface area contributed by atoms with Crippen molar-refractivity contribution in [1.82, 2.24) is 9.55 Å². The van der Waals surface area contributed by atoms with Crippen LogP contribution in [0.2, 0.25) is 0 Å². The number of nitriles is 1. The summed E-state index contributed by atoms with van der Waals surface area (Å²) in [7, 11) is 1.77. The van der Waals surface area contributed by atoms with Gasteiger partial charge in [-0.05, 0) is 23.6 Å². The highest BCUT2D eigenvalue weighted by molar-refractivity contribution is 7.99. The molecule has 0 radical (unpaired) electrons. The van der Waals surface area contributed by atoms with Crippen LogP contribution in [0.5, 0.6) is 0 Å². The Morgan fingerprint density at radius 1 is 1.37 bits per heavy atom. The van der Waals surface area contributed by atoms with Crippen LogP contribution in [0.3, 0.4) is 0 Å². The molecule has 3 aromatic rings. The monoisotopic (exact) mass is 399 g/mol. The number of esters is 1. The minimum Gasteiger partial charge on any atom is -0.507 e. The van der Waals surface area contributed by atoms with Crippen molar-refractivity contribution in [3.05, 3.63) is 58.2 Å². The van der Waals surface area contributed by atoms with Gasteiger partial charge in [0, 0.05) is 17.7 Å². The molecule has 0 unspecified atom stereocenters. The maximum Gasteiger partial charge on any atom is 0.316 e. The average molecular weight is 399 g/mol. The maximum atomic E-state index is 11.9. The molecule has 0 fully saturated rings. The SMILES string of the molecule is Cn1c(/C(C#N)=C(\O)COC(=O)CSCc2cccs2)nc2ccccc21. The van der Waals surface area contributed by atoms with E-state index in [1.54, 1.807) is 23.0 Å². The van der Waals surface area contributed by atoms with E-state index >= 15 is 0 Å². The van der Waals surface area contributed by atoms with Crippen molar-refractivity contribution in [3.63, 3.8) is 0 Å². The van der Waals surface area contributed by atoms with Crippen LogP contribution in [0.1, 0.15) is 10.7 Å². The molecule has 0 bridgehead atoms. The Morgan fingerprint density at radius 2 is 2.19 bits per heavy atom. The second-order valence-corrected chi connectivity index (χ2v) is 7.67. The van der Waals surface area contributed by atoms with Gasteiger partial charge in [-0.15, -0.1) is 23.1 Å². The van der Waals surface area contributed by atoms with Gasteiger partial charge in [0.15, 0.2) is 11.6 Å². The van der Waals surface area contributed by atoms with Gasteiger partial charge in [0.05, 0.1) is 16.8 Å². The predicted octanol–water partition coefficient (Wildman–Crippen LogP) is 3.90. The molecule has 1 aromatic carbocycles. The number of nitrogens with zero attached hydrogens (tertiary/aromatic N) is 3. The lowest BCUT2D eigenvalue weighted by Crippen LogP contribution is -2.11. The van der Waals surface area contributed by atoms with Gasteiger partial charge in [0.25, 0.3) is 0 Å². The van der Waals surface area contributed by atoms with Crippen LogP contribution in [-0.2, 0) is 22.3 Å². The van der Waals surface area contributed by atoms with E-state index in [0.717, 1.165) is 16.8 Å². The first-order chi connectivity index (χ1) is 13.1. The second-order valence-electron chi connectivity index (χ2n) is 5.65. The molecule has 0 saturated carbocycles. The second kappa shape index (κ2) is 8.75. The summed E-state index contributed by atoms with van der Waals surface area (Å²) >= 11 is 3.08. The molecule has 2 heterocycles. The number of hydrogen-bond acceptors (Lipinski definition) is 7. The lowest BCUT2D eigenvalue weighted by atomic mass is 10.2. The van der Waals surface area contributed by atoms with E-state index in [9.17, 15) is 15.2 Å². The number of thioether (sulfide) groups is 1. The van der Waals surface area contributed by atoms with Crippen molar-refractivity contribution in [2.75, 3.05) is 12.4 Å². The third-order valence-electron chi connectivity index (χ3n) is 3.83. The van der Waals surface area contributed by atoms with Gasteiger partial charge in [0.1, 0.15) is 18.2 Å². The number of ether oxygens (including phenoxy) is 1. The van der Waals surface area contributed by atoms with Crippen molar-refractivity contribution in [1.29, 1.82) is 5.26 Å². The van der Waals surface area contributed by atoms with Gasteiger partial charge in [0.2, 0.25) is 0 Å². The van der Waals surface area contributed by atoms with Gasteiger partial charge >= 0.3 is 5.97 Å². The van der Waals surface area contributed by atoms with Crippen molar-refractivity contribution in [2.45, 2.75) is 5.75 Å². The third-order valence-corrected chi connectivity index (χ3v) is 5.84. The standard InChI is InChI=1S/C19H17N3O3S2/c1-22-16-7-3-2-6-15(16)21-19(22)14(9-20)17(23)10-25-18(24)12-26-11-13-5-4-8-27-13/h2-8,23H,10-12H2,1H3/b17-14-. The van der Waals surface area contributed by atoms with E-state index in [1.165, 1.54) is 16.6 Å². The molecule has 8 heteroatoms. The van der Waals surface area contributed by atoms with Crippen LogP contribution >= 0.6 is 23.1 Å². The van der Waals surface area contributed by atoms with Gasteiger partial charge in [-0.25, -0.2) is 4.98 Å². The Bertz CT molecular complexity index is 1020. The Balaban J connectivity index is 1.63. The lowest BCUT2D eigenvalue weighted by Gasteiger charge is -2.07. The number of thiophene rings is 1. The quantitative estimate of drug-likeness (QED) is 0.368. The molecule has 0 aliphatic rings. The summed E-state index contributed by atoms with van der Waals surface area (Å²) in [6, 6.07) is 13.4. The number of rotatable bonds is 7. The summed E-state index contributed by atoms with van der Waals surface area (Å²) in [5.41, 5.74) is 1.56. The molecule has 6 nitrogen and oxygen atoms in total. The number of imidazole rings is 1. The van der Waals surface area contributed by atoms with Crippen LogP contribution in [0.15, 0.2) is 47.5 Å². The predicted molar refractivity (Wildman–Crippen MR) is 107 cm³/mol. The molecule has 0 amide bonds. The molecule has 0 saturated heterocycles.